The van der Waals surface area contributed by atoms with Crippen LogP contribution < -0.4 is 4.90 Å². The van der Waals surface area contributed by atoms with Crippen molar-refractivity contribution >= 4 is 16.9 Å². The highest BCUT2D eigenvalue weighted by molar-refractivity contribution is 5.77. The van der Waals surface area contributed by atoms with Crippen LogP contribution in [0.4, 0.5) is 11.4 Å². The van der Waals surface area contributed by atoms with Gasteiger partial charge in [-0.15, -0.1) is 0 Å². The zero-order valence-electron chi connectivity index (χ0n) is 24.5. The highest BCUT2D eigenvalue weighted by Gasteiger charge is 2.16. The Balaban J connectivity index is 1.19. The van der Waals surface area contributed by atoms with Crippen molar-refractivity contribution in [3.8, 4) is 11.1 Å². The Morgan fingerprint density at radius 3 is 2.02 bits per heavy atom. The molecule has 0 spiro atoms. The molecule has 0 aliphatic heterocycles. The van der Waals surface area contributed by atoms with Gasteiger partial charge < -0.3 is 4.90 Å². The zero-order chi connectivity index (χ0) is 29.3. The largest absolute Gasteiger partial charge is 0.317 e. The Labute approximate surface area is 256 Å². The Kier molecular flexibility index (Phi) is 8.91. The average Bonchev–Trinajstić information content (AvgIpc) is 3.10. The van der Waals surface area contributed by atoms with Gasteiger partial charge in [-0.1, -0.05) is 146 Å². The van der Waals surface area contributed by atoms with Crippen LogP contribution >= 0.6 is 0 Å². The van der Waals surface area contributed by atoms with Crippen molar-refractivity contribution in [3.05, 3.63) is 199 Å². The molecule has 2 aliphatic carbocycles. The quantitative estimate of drug-likeness (QED) is 0.186. The van der Waals surface area contributed by atoms with Crippen molar-refractivity contribution in [2.24, 2.45) is 5.92 Å². The highest BCUT2D eigenvalue weighted by atomic mass is 15.1. The fourth-order valence-electron chi connectivity index (χ4n) is 5.78. The van der Waals surface area contributed by atoms with Crippen LogP contribution in [0.5, 0.6) is 0 Å². The van der Waals surface area contributed by atoms with Crippen LogP contribution in [-0.4, -0.2) is 0 Å². The van der Waals surface area contributed by atoms with Gasteiger partial charge in [-0.3, -0.25) is 0 Å². The van der Waals surface area contributed by atoms with Crippen LogP contribution in [0.25, 0.3) is 16.7 Å². The van der Waals surface area contributed by atoms with Gasteiger partial charge in [-0.05, 0) is 76.6 Å². The van der Waals surface area contributed by atoms with E-state index < -0.39 is 0 Å². The second kappa shape index (κ2) is 13.7. The summed E-state index contributed by atoms with van der Waals surface area (Å²) in [5, 5.41) is 0. The third kappa shape index (κ3) is 6.85. The number of anilines is 2. The molecule has 0 aromatic heterocycles. The summed E-state index contributed by atoms with van der Waals surface area (Å²) >= 11 is 0. The summed E-state index contributed by atoms with van der Waals surface area (Å²) in [6.07, 6.45) is 26.4. The van der Waals surface area contributed by atoms with Gasteiger partial charge >= 0.3 is 0 Å². The second-order valence-electron chi connectivity index (χ2n) is 11.0. The van der Waals surface area contributed by atoms with Gasteiger partial charge in [0.05, 0.1) is 0 Å². The minimum Gasteiger partial charge on any atom is -0.317 e. The van der Waals surface area contributed by atoms with Crippen molar-refractivity contribution in [2.75, 3.05) is 4.90 Å². The molecule has 2 atom stereocenters. The van der Waals surface area contributed by atoms with Gasteiger partial charge in [0.1, 0.15) is 0 Å². The van der Waals surface area contributed by atoms with Gasteiger partial charge in [-0.2, -0.15) is 0 Å². The normalized spacial score (nSPS) is 18.0. The van der Waals surface area contributed by atoms with E-state index in [9.17, 15) is 0 Å². The van der Waals surface area contributed by atoms with E-state index in [0.29, 0.717) is 11.8 Å². The van der Waals surface area contributed by atoms with E-state index in [1.54, 1.807) is 0 Å². The first-order valence-electron chi connectivity index (χ1n) is 15.1. The van der Waals surface area contributed by atoms with E-state index in [0.717, 1.165) is 35.4 Å². The van der Waals surface area contributed by atoms with E-state index in [-0.39, 0.29) is 0 Å². The molecule has 210 valence electrons. The highest BCUT2D eigenvalue weighted by Crippen LogP contribution is 2.34. The fourth-order valence-corrected chi connectivity index (χ4v) is 5.78. The summed E-state index contributed by atoms with van der Waals surface area (Å²) < 4.78 is 0. The minimum atomic E-state index is 0.410. The maximum Gasteiger partial charge on any atom is 0.0455 e. The molecule has 0 fully saturated rings. The lowest BCUT2D eigenvalue weighted by molar-refractivity contribution is 0.750. The predicted octanol–water partition coefficient (Wildman–Crippen LogP) is 11.4. The van der Waals surface area contributed by atoms with Gasteiger partial charge in [0, 0.05) is 29.4 Å². The smallest absolute Gasteiger partial charge is 0.0455 e. The number of para-hydroxylation sites is 1. The van der Waals surface area contributed by atoms with Crippen molar-refractivity contribution < 1.29 is 0 Å². The van der Waals surface area contributed by atoms with E-state index in [1.165, 1.54) is 22.3 Å². The molecular formula is C42H37N. The van der Waals surface area contributed by atoms with E-state index in [4.69, 9.17) is 0 Å². The minimum absolute atomic E-state index is 0.410. The van der Waals surface area contributed by atoms with Crippen molar-refractivity contribution in [2.45, 2.75) is 18.8 Å². The Morgan fingerprint density at radius 2 is 1.37 bits per heavy atom. The molecule has 1 nitrogen and oxygen atoms in total. The molecule has 0 saturated heterocycles. The number of rotatable bonds is 9. The van der Waals surface area contributed by atoms with Gasteiger partial charge in [-0.25, -0.2) is 0 Å². The molecule has 2 unspecified atom stereocenters. The molecular weight excluding hydrogens is 518 g/mol. The number of benzene rings is 4. The molecule has 0 amide bonds. The lowest BCUT2D eigenvalue weighted by atomic mass is 9.84. The van der Waals surface area contributed by atoms with Crippen molar-refractivity contribution in [1.82, 2.24) is 0 Å². The molecule has 0 N–H and O–H groups in total. The summed E-state index contributed by atoms with van der Waals surface area (Å²) in [6, 6.07) is 38.7. The van der Waals surface area contributed by atoms with Crippen LogP contribution in [0.2, 0.25) is 0 Å². The summed E-state index contributed by atoms with van der Waals surface area (Å²) in [7, 11) is 0. The number of hydrogen-bond acceptors (Lipinski definition) is 1. The Morgan fingerprint density at radius 1 is 0.674 bits per heavy atom. The SMILES string of the molecule is C=CC(=CC=CN(c1ccccc1)c1ccc(C2C=CC(C3C=CC=CC3)=CC2)cc1)c1ccc(-c2ccccc2)cc1. The molecule has 0 bridgehead atoms. The van der Waals surface area contributed by atoms with Gasteiger partial charge in [0.15, 0.2) is 0 Å². The first-order chi connectivity index (χ1) is 21.3. The fraction of sp³-hybridized carbons (Fsp3) is 0.0952. The maximum absolute atomic E-state index is 4.09. The molecule has 43 heavy (non-hydrogen) atoms. The number of nitrogens with zero attached hydrogens (tertiary/aromatic N) is 1. The Bertz CT molecular complexity index is 1700. The first-order valence-corrected chi connectivity index (χ1v) is 15.1. The molecule has 1 heteroatoms. The lowest BCUT2D eigenvalue weighted by Gasteiger charge is -2.23. The Hall–Kier alpha value is -5.14. The van der Waals surface area contributed by atoms with Crippen LogP contribution in [0.3, 0.4) is 0 Å². The second-order valence-corrected chi connectivity index (χ2v) is 11.0. The maximum atomic E-state index is 4.09. The summed E-state index contributed by atoms with van der Waals surface area (Å²) in [6.45, 7) is 4.09. The third-order valence-corrected chi connectivity index (χ3v) is 8.23. The molecule has 0 radical (unpaired) electrons. The zero-order valence-corrected chi connectivity index (χ0v) is 24.5. The van der Waals surface area contributed by atoms with Gasteiger partial charge in [0.2, 0.25) is 0 Å². The molecule has 4 aromatic rings. The summed E-state index contributed by atoms with van der Waals surface area (Å²) in [5.74, 6) is 0.924. The number of allylic oxidation sites excluding steroid dienone is 12. The predicted molar refractivity (Wildman–Crippen MR) is 185 cm³/mol. The summed E-state index contributed by atoms with van der Waals surface area (Å²) in [4.78, 5) is 2.23. The summed E-state index contributed by atoms with van der Waals surface area (Å²) in [5.41, 5.74) is 9.68. The number of hydrogen-bond donors (Lipinski definition) is 0. The van der Waals surface area contributed by atoms with Crippen LogP contribution in [0.1, 0.15) is 29.9 Å². The molecule has 0 saturated carbocycles. The molecule has 4 aromatic carbocycles. The standard InChI is InChI=1S/C42H37N/c1-2-33(36-20-22-37(23-21-36)34-13-6-3-7-14-34)17-12-32-43(41-18-10-5-11-19-41)42-30-28-40(29-31-42)39-26-24-38(25-27-39)35-15-8-4-9-16-35/h2-15,17-26,28-32,35,39H,1,16,27H2. The van der Waals surface area contributed by atoms with Crippen LogP contribution in [0, 0.1) is 5.92 Å². The average molecular weight is 556 g/mol. The van der Waals surface area contributed by atoms with E-state index >= 15 is 0 Å². The van der Waals surface area contributed by atoms with Crippen molar-refractivity contribution in [3.63, 3.8) is 0 Å². The topological polar surface area (TPSA) is 3.24 Å². The monoisotopic (exact) mass is 555 g/mol. The molecule has 6 rings (SSSR count). The van der Waals surface area contributed by atoms with Crippen LogP contribution in [0.15, 0.2) is 188 Å². The third-order valence-electron chi connectivity index (χ3n) is 8.23. The molecule has 0 heterocycles. The lowest BCUT2D eigenvalue weighted by Crippen LogP contribution is -2.09. The van der Waals surface area contributed by atoms with E-state index in [2.05, 4.69) is 175 Å². The van der Waals surface area contributed by atoms with Gasteiger partial charge in [0.25, 0.3) is 0 Å². The molecule has 2 aliphatic rings. The van der Waals surface area contributed by atoms with E-state index in [1.807, 2.05) is 12.1 Å². The van der Waals surface area contributed by atoms with Crippen molar-refractivity contribution in [1.29, 1.82) is 0 Å². The first kappa shape index (κ1) is 28.0. The van der Waals surface area contributed by atoms with Crippen LogP contribution in [-0.2, 0) is 0 Å².